The van der Waals surface area contributed by atoms with Crippen LogP contribution in [0.4, 0.5) is 0 Å². The molecule has 0 bridgehead atoms. The number of amides is 1. The topological polar surface area (TPSA) is 68.5 Å². The second-order valence-corrected chi connectivity index (χ2v) is 5.31. The molecule has 0 spiro atoms. The fourth-order valence-corrected chi connectivity index (χ4v) is 1.94. The van der Waals surface area contributed by atoms with Gasteiger partial charge >= 0.3 is 0 Å². The second kappa shape index (κ2) is 7.03. The van der Waals surface area contributed by atoms with Crippen LogP contribution in [-0.4, -0.2) is 28.0 Å². The summed E-state index contributed by atoms with van der Waals surface area (Å²) >= 11 is 3.35. The van der Waals surface area contributed by atoms with Gasteiger partial charge in [-0.1, -0.05) is 22.0 Å². The van der Waals surface area contributed by atoms with Gasteiger partial charge in [-0.3, -0.25) is 9.48 Å². The molecule has 0 saturated carbocycles. The molecule has 21 heavy (non-hydrogen) atoms. The lowest BCUT2D eigenvalue weighted by molar-refractivity contribution is -0.127. The number of nitrogens with one attached hydrogen (secondary N) is 1. The van der Waals surface area contributed by atoms with E-state index in [9.17, 15) is 4.79 Å². The van der Waals surface area contributed by atoms with Crippen LogP contribution < -0.4 is 10.2 Å². The predicted octanol–water partition coefficient (Wildman–Crippen LogP) is 2.10. The van der Waals surface area contributed by atoms with E-state index in [2.05, 4.69) is 31.6 Å². The van der Waals surface area contributed by atoms with Crippen molar-refractivity contribution in [3.05, 3.63) is 46.7 Å². The number of carbonyl (C=O) groups excluding carboxylic acids is 1. The maximum absolute atomic E-state index is 11.8. The van der Waals surface area contributed by atoms with Crippen LogP contribution in [0, 0.1) is 0 Å². The summed E-state index contributed by atoms with van der Waals surface area (Å²) in [4.78, 5) is 11.8. The molecule has 110 valence electrons. The van der Waals surface area contributed by atoms with E-state index in [1.165, 1.54) is 6.21 Å². The fraction of sp³-hybridized carbons (Fsp3) is 0.214. The Kier molecular flexibility index (Phi) is 5.10. The summed E-state index contributed by atoms with van der Waals surface area (Å²) in [5.74, 6) is 0.290. The van der Waals surface area contributed by atoms with Crippen LogP contribution in [0.5, 0.6) is 5.75 Å². The van der Waals surface area contributed by atoms with Crippen molar-refractivity contribution in [1.29, 1.82) is 0 Å². The molecule has 0 aliphatic heterocycles. The number of hydrogen-bond acceptors (Lipinski definition) is 4. The molecule has 7 heteroatoms. The Bertz CT molecular complexity index is 654. The fourth-order valence-electron chi connectivity index (χ4n) is 1.57. The van der Waals surface area contributed by atoms with Gasteiger partial charge in [0.2, 0.25) is 0 Å². The lowest BCUT2D eigenvalue weighted by Gasteiger charge is -2.12. The molecule has 0 unspecified atom stereocenters. The highest BCUT2D eigenvalue weighted by Gasteiger charge is 2.13. The third-order valence-electron chi connectivity index (χ3n) is 2.59. The Morgan fingerprint density at radius 1 is 1.57 bits per heavy atom. The zero-order chi connectivity index (χ0) is 15.2. The van der Waals surface area contributed by atoms with Crippen LogP contribution in [0.15, 0.2) is 46.2 Å². The first-order chi connectivity index (χ1) is 10.0. The minimum atomic E-state index is -0.648. The van der Waals surface area contributed by atoms with Gasteiger partial charge in [0.1, 0.15) is 5.75 Å². The third-order valence-corrected chi connectivity index (χ3v) is 3.08. The molecule has 1 heterocycles. The molecule has 1 amide bonds. The summed E-state index contributed by atoms with van der Waals surface area (Å²) in [7, 11) is 1.81. The summed E-state index contributed by atoms with van der Waals surface area (Å²) in [6.45, 7) is 1.66. The van der Waals surface area contributed by atoms with Crippen LogP contribution in [-0.2, 0) is 11.8 Å². The number of hydrogen-bond donors (Lipinski definition) is 1. The number of halogens is 1. The molecule has 1 aromatic heterocycles. The van der Waals surface area contributed by atoms with E-state index in [1.54, 1.807) is 36.1 Å². The lowest BCUT2D eigenvalue weighted by Crippen LogP contribution is -2.33. The van der Waals surface area contributed by atoms with E-state index < -0.39 is 6.10 Å². The van der Waals surface area contributed by atoms with Crippen molar-refractivity contribution < 1.29 is 9.53 Å². The molecule has 1 N–H and O–H groups in total. The van der Waals surface area contributed by atoms with Crippen LogP contribution in [0.25, 0.3) is 0 Å². The SMILES string of the molecule is C[C@H](Oc1cccc(Br)c1)C(=O)NN=Cc1cnn(C)c1. The number of benzene rings is 1. The Morgan fingerprint density at radius 3 is 3.05 bits per heavy atom. The average Bonchev–Trinajstić information content (AvgIpc) is 2.84. The van der Waals surface area contributed by atoms with Crippen molar-refractivity contribution in [2.75, 3.05) is 0 Å². The van der Waals surface area contributed by atoms with E-state index >= 15 is 0 Å². The van der Waals surface area contributed by atoms with E-state index in [1.807, 2.05) is 19.2 Å². The Labute approximate surface area is 130 Å². The first-order valence-electron chi connectivity index (χ1n) is 6.28. The molecule has 0 aliphatic rings. The van der Waals surface area contributed by atoms with Gasteiger partial charge in [0.15, 0.2) is 6.10 Å². The first-order valence-corrected chi connectivity index (χ1v) is 7.07. The quantitative estimate of drug-likeness (QED) is 0.663. The van der Waals surface area contributed by atoms with Crippen molar-refractivity contribution in [3.8, 4) is 5.75 Å². The second-order valence-electron chi connectivity index (χ2n) is 4.40. The maximum Gasteiger partial charge on any atom is 0.280 e. The van der Waals surface area contributed by atoms with Crippen molar-refractivity contribution in [2.24, 2.45) is 12.1 Å². The number of nitrogens with zero attached hydrogens (tertiary/aromatic N) is 3. The van der Waals surface area contributed by atoms with Gasteiger partial charge in [-0.05, 0) is 25.1 Å². The highest BCUT2D eigenvalue weighted by molar-refractivity contribution is 9.10. The number of rotatable bonds is 5. The van der Waals surface area contributed by atoms with Crippen molar-refractivity contribution in [2.45, 2.75) is 13.0 Å². The molecule has 1 atom stereocenters. The number of hydrazone groups is 1. The van der Waals surface area contributed by atoms with Gasteiger partial charge in [-0.15, -0.1) is 0 Å². The minimum absolute atomic E-state index is 0.324. The van der Waals surface area contributed by atoms with Crippen LogP contribution in [0.1, 0.15) is 12.5 Å². The Balaban J connectivity index is 1.86. The monoisotopic (exact) mass is 350 g/mol. The molecule has 0 aliphatic carbocycles. The summed E-state index contributed by atoms with van der Waals surface area (Å²) < 4.78 is 8.08. The molecular formula is C14H15BrN4O2. The van der Waals surface area contributed by atoms with Crippen molar-refractivity contribution in [1.82, 2.24) is 15.2 Å². The van der Waals surface area contributed by atoms with E-state index in [-0.39, 0.29) is 5.91 Å². The summed E-state index contributed by atoms with van der Waals surface area (Å²) in [6.07, 6.45) is 4.32. The normalized spacial score (nSPS) is 12.3. The minimum Gasteiger partial charge on any atom is -0.481 e. The van der Waals surface area contributed by atoms with Gasteiger partial charge < -0.3 is 4.74 Å². The van der Waals surface area contributed by atoms with Crippen LogP contribution >= 0.6 is 15.9 Å². The molecule has 0 saturated heterocycles. The molecule has 2 aromatic rings. The molecule has 6 nitrogen and oxygen atoms in total. The smallest absolute Gasteiger partial charge is 0.280 e. The Hall–Kier alpha value is -2.15. The number of aryl methyl sites for hydroxylation is 1. The average molecular weight is 351 g/mol. The zero-order valence-electron chi connectivity index (χ0n) is 11.7. The highest BCUT2D eigenvalue weighted by Crippen LogP contribution is 2.18. The van der Waals surface area contributed by atoms with E-state index in [4.69, 9.17) is 4.74 Å². The zero-order valence-corrected chi connectivity index (χ0v) is 13.2. The van der Waals surface area contributed by atoms with Gasteiger partial charge in [-0.2, -0.15) is 10.2 Å². The largest absolute Gasteiger partial charge is 0.481 e. The lowest BCUT2D eigenvalue weighted by atomic mass is 10.3. The molecule has 1 aromatic carbocycles. The van der Waals surface area contributed by atoms with Crippen LogP contribution in [0.3, 0.4) is 0 Å². The Morgan fingerprint density at radius 2 is 2.38 bits per heavy atom. The van der Waals surface area contributed by atoms with Crippen molar-refractivity contribution >= 4 is 28.1 Å². The number of aromatic nitrogens is 2. The van der Waals surface area contributed by atoms with E-state index in [0.717, 1.165) is 10.0 Å². The summed E-state index contributed by atoms with van der Waals surface area (Å²) in [5, 5.41) is 7.87. The predicted molar refractivity (Wildman–Crippen MR) is 83.2 cm³/mol. The summed E-state index contributed by atoms with van der Waals surface area (Å²) in [5.41, 5.74) is 3.24. The van der Waals surface area contributed by atoms with Gasteiger partial charge in [0.25, 0.3) is 5.91 Å². The third kappa shape index (κ3) is 4.71. The van der Waals surface area contributed by atoms with Crippen molar-refractivity contribution in [3.63, 3.8) is 0 Å². The van der Waals surface area contributed by atoms with E-state index in [0.29, 0.717) is 5.75 Å². The van der Waals surface area contributed by atoms with Gasteiger partial charge in [0, 0.05) is 23.3 Å². The maximum atomic E-state index is 11.8. The summed E-state index contributed by atoms with van der Waals surface area (Å²) in [6, 6.07) is 7.30. The highest BCUT2D eigenvalue weighted by atomic mass is 79.9. The molecular weight excluding hydrogens is 336 g/mol. The van der Waals surface area contributed by atoms with Crippen LogP contribution in [0.2, 0.25) is 0 Å². The standard InChI is InChI=1S/C14H15BrN4O2/c1-10(21-13-5-3-4-12(15)6-13)14(20)18-16-7-11-8-17-19(2)9-11/h3-10H,1-2H3,(H,18,20)/t10-/m0/s1. The molecule has 0 radical (unpaired) electrons. The number of ether oxygens (including phenoxy) is 1. The molecule has 0 fully saturated rings. The number of carbonyl (C=O) groups is 1. The van der Waals surface area contributed by atoms with Gasteiger partial charge in [-0.25, -0.2) is 5.43 Å². The first kappa shape index (κ1) is 15.2. The van der Waals surface area contributed by atoms with Gasteiger partial charge in [0.05, 0.1) is 12.4 Å². The molecule has 2 rings (SSSR count).